The molecule has 0 aromatic heterocycles. The first-order chi connectivity index (χ1) is 16.8. The van der Waals surface area contributed by atoms with Crippen molar-refractivity contribution < 1.29 is 27.8 Å². The number of carbonyl (C=O) groups excluding carboxylic acids is 2. The Morgan fingerprint density at radius 1 is 1.17 bits per heavy atom. The minimum atomic E-state index is -3.02. The fraction of sp³-hybridized carbons (Fsp3) is 0.423. The van der Waals surface area contributed by atoms with Gasteiger partial charge in [0, 0.05) is 29.9 Å². The average Bonchev–Trinajstić information content (AvgIpc) is 2.86. The number of rotatable bonds is 11. The molecule has 2 unspecified atom stereocenters. The van der Waals surface area contributed by atoms with Gasteiger partial charge in [0.15, 0.2) is 17.3 Å². The maximum atomic E-state index is 12.9. The monoisotopic (exact) mass is 487 g/mol. The van der Waals surface area contributed by atoms with E-state index in [1.165, 1.54) is 24.3 Å². The van der Waals surface area contributed by atoms with Crippen molar-refractivity contribution >= 4 is 17.4 Å². The van der Waals surface area contributed by atoms with Crippen LogP contribution in [0.5, 0.6) is 11.5 Å². The summed E-state index contributed by atoms with van der Waals surface area (Å²) in [5.74, 6) is -0.343. The maximum Gasteiger partial charge on any atom is 0.387 e. The second kappa shape index (κ2) is 11.9. The molecule has 0 saturated carbocycles. The van der Waals surface area contributed by atoms with Gasteiger partial charge in [0.1, 0.15) is 6.17 Å². The van der Waals surface area contributed by atoms with Gasteiger partial charge in [-0.05, 0) is 36.6 Å². The van der Waals surface area contributed by atoms with E-state index in [2.05, 4.69) is 9.84 Å². The summed E-state index contributed by atoms with van der Waals surface area (Å²) in [5, 5.41) is 5.78. The molecule has 7 nitrogen and oxygen atoms in total. The molecule has 0 radical (unpaired) electrons. The highest BCUT2D eigenvalue weighted by molar-refractivity contribution is 6.06. The normalized spacial score (nSPS) is 16.8. The summed E-state index contributed by atoms with van der Waals surface area (Å²) in [6.45, 7) is 0.941. The number of nitrogens with zero attached hydrogens (tertiary/aromatic N) is 2. The zero-order chi connectivity index (χ0) is 25.5. The number of hydrazone groups is 1. The molecule has 0 fully saturated rings. The molecule has 0 saturated heterocycles. The number of nitrogens with two attached hydrogens (primary N) is 1. The fourth-order valence-electron chi connectivity index (χ4n) is 4.02. The number of halogens is 2. The predicted molar refractivity (Wildman–Crippen MR) is 129 cm³/mol. The second-order valence-corrected chi connectivity index (χ2v) is 8.37. The molecule has 2 aromatic rings. The van der Waals surface area contributed by atoms with E-state index >= 15 is 0 Å². The molecule has 2 N–H and O–H groups in total. The number of Topliss-reactive ketones (excluding diaryl/α,β-unsaturated/α-hetero) is 1. The van der Waals surface area contributed by atoms with Crippen LogP contribution in [0.15, 0.2) is 47.6 Å². The zero-order valence-electron chi connectivity index (χ0n) is 20.2. The van der Waals surface area contributed by atoms with Gasteiger partial charge in [-0.15, -0.1) is 0 Å². The van der Waals surface area contributed by atoms with Crippen LogP contribution in [0, 0.1) is 5.92 Å². The first-order valence-electron chi connectivity index (χ1n) is 11.7. The molecule has 0 aliphatic carbocycles. The molecule has 1 heterocycles. The number of hydrogen-bond donors (Lipinski definition) is 1. The Hall–Kier alpha value is -3.33. The molecule has 188 valence electrons. The summed E-state index contributed by atoms with van der Waals surface area (Å²) in [5.41, 5.74) is 8.71. The van der Waals surface area contributed by atoms with Crippen LogP contribution < -0.4 is 15.2 Å². The van der Waals surface area contributed by atoms with Gasteiger partial charge in [-0.25, -0.2) is 5.01 Å². The highest BCUT2D eigenvalue weighted by Crippen LogP contribution is 2.33. The van der Waals surface area contributed by atoms with E-state index in [0.29, 0.717) is 35.2 Å². The highest BCUT2D eigenvalue weighted by atomic mass is 19.3. The van der Waals surface area contributed by atoms with E-state index in [1.807, 2.05) is 13.8 Å². The summed E-state index contributed by atoms with van der Waals surface area (Å²) in [6.07, 6.45) is 2.18. The van der Waals surface area contributed by atoms with Gasteiger partial charge in [0.05, 0.1) is 12.8 Å². The number of unbranched alkanes of at least 4 members (excludes halogenated alkanes) is 1. The standard InChI is InChI=1S/C26H31F2N3O4/c1-4-6-7-20(32)17-8-10-18(11-9-17)25(29)31-23(33)15-16(5-2)24(30-31)19-12-13-21(34-3)22(14-19)35-26(27)28/h8-14,16,25-26H,4-7,15,29H2,1-3H3. The molecule has 1 amide bonds. The summed E-state index contributed by atoms with van der Waals surface area (Å²) >= 11 is 0. The number of ketones is 1. The Morgan fingerprint density at radius 2 is 1.89 bits per heavy atom. The van der Waals surface area contributed by atoms with Crippen molar-refractivity contribution in [2.75, 3.05) is 7.11 Å². The van der Waals surface area contributed by atoms with Crippen molar-refractivity contribution in [1.29, 1.82) is 0 Å². The number of hydrogen-bond acceptors (Lipinski definition) is 6. The minimum absolute atomic E-state index is 0.0634. The second-order valence-electron chi connectivity index (χ2n) is 8.37. The molecular weight excluding hydrogens is 456 g/mol. The SMILES string of the molecule is CCCCC(=O)c1ccc(C(N)N2N=C(c3ccc(OC)c(OC(F)F)c3)C(CC)CC2=O)cc1. The molecule has 1 aliphatic rings. The number of amides is 1. The van der Waals surface area contributed by atoms with Gasteiger partial charge in [0.2, 0.25) is 5.91 Å². The van der Waals surface area contributed by atoms with Crippen LogP contribution in [-0.2, 0) is 4.79 Å². The Kier molecular flexibility index (Phi) is 8.92. The minimum Gasteiger partial charge on any atom is -0.493 e. The largest absolute Gasteiger partial charge is 0.493 e. The Bertz CT molecular complexity index is 1070. The average molecular weight is 488 g/mol. The third-order valence-corrected chi connectivity index (χ3v) is 6.04. The lowest BCUT2D eigenvalue weighted by atomic mass is 9.89. The van der Waals surface area contributed by atoms with E-state index in [0.717, 1.165) is 12.8 Å². The number of carbonyl (C=O) groups is 2. The van der Waals surface area contributed by atoms with E-state index in [1.54, 1.807) is 30.3 Å². The number of benzene rings is 2. The topological polar surface area (TPSA) is 94.2 Å². The van der Waals surface area contributed by atoms with Crippen molar-refractivity contribution in [3.05, 3.63) is 59.2 Å². The van der Waals surface area contributed by atoms with Crippen molar-refractivity contribution in [3.8, 4) is 11.5 Å². The lowest BCUT2D eigenvalue weighted by molar-refractivity contribution is -0.135. The lowest BCUT2D eigenvalue weighted by Gasteiger charge is -2.33. The molecule has 0 bridgehead atoms. The molecule has 2 aromatic carbocycles. The van der Waals surface area contributed by atoms with Crippen LogP contribution in [-0.4, -0.2) is 36.1 Å². The predicted octanol–water partition coefficient (Wildman–Crippen LogP) is 5.29. The van der Waals surface area contributed by atoms with Crippen LogP contribution in [0.3, 0.4) is 0 Å². The lowest BCUT2D eigenvalue weighted by Crippen LogP contribution is -2.42. The Morgan fingerprint density at radius 3 is 2.49 bits per heavy atom. The smallest absolute Gasteiger partial charge is 0.387 e. The van der Waals surface area contributed by atoms with Crippen molar-refractivity contribution in [1.82, 2.24) is 5.01 Å². The van der Waals surface area contributed by atoms with Gasteiger partial charge in [-0.3, -0.25) is 9.59 Å². The van der Waals surface area contributed by atoms with Gasteiger partial charge < -0.3 is 15.2 Å². The van der Waals surface area contributed by atoms with Crippen molar-refractivity contribution in [2.24, 2.45) is 16.8 Å². The molecule has 1 aliphatic heterocycles. The van der Waals surface area contributed by atoms with Gasteiger partial charge in [-0.2, -0.15) is 13.9 Å². The third kappa shape index (κ3) is 6.22. The van der Waals surface area contributed by atoms with E-state index in [9.17, 15) is 18.4 Å². The zero-order valence-corrected chi connectivity index (χ0v) is 20.2. The molecule has 9 heteroatoms. The highest BCUT2D eigenvalue weighted by Gasteiger charge is 2.33. The van der Waals surface area contributed by atoms with Crippen LogP contribution >= 0.6 is 0 Å². The third-order valence-electron chi connectivity index (χ3n) is 6.04. The summed E-state index contributed by atoms with van der Waals surface area (Å²) < 4.78 is 35.5. The van der Waals surface area contributed by atoms with Crippen molar-refractivity contribution in [3.63, 3.8) is 0 Å². The number of ether oxygens (including phenoxy) is 2. The molecule has 2 atom stereocenters. The maximum absolute atomic E-state index is 12.9. The van der Waals surface area contributed by atoms with Crippen LogP contribution in [0.25, 0.3) is 0 Å². The molecular formula is C26H31F2N3O4. The van der Waals surface area contributed by atoms with E-state index < -0.39 is 12.8 Å². The van der Waals surface area contributed by atoms with Gasteiger partial charge in [-0.1, -0.05) is 44.5 Å². The summed E-state index contributed by atoms with van der Waals surface area (Å²) in [4.78, 5) is 25.2. The number of methoxy groups -OCH3 is 1. The van der Waals surface area contributed by atoms with Gasteiger partial charge >= 0.3 is 6.61 Å². The summed E-state index contributed by atoms with van der Waals surface area (Å²) in [6, 6.07) is 11.5. The molecule has 35 heavy (non-hydrogen) atoms. The fourth-order valence-corrected chi connectivity index (χ4v) is 4.02. The number of alkyl halides is 2. The quantitative estimate of drug-likeness (QED) is 0.435. The summed E-state index contributed by atoms with van der Waals surface area (Å²) in [7, 11) is 1.36. The van der Waals surface area contributed by atoms with Crippen LogP contribution in [0.4, 0.5) is 8.78 Å². The Balaban J connectivity index is 1.92. The molecule has 0 spiro atoms. The van der Waals surface area contributed by atoms with E-state index in [4.69, 9.17) is 10.5 Å². The van der Waals surface area contributed by atoms with Crippen LogP contribution in [0.1, 0.15) is 73.6 Å². The molecule has 3 rings (SSSR count). The first-order valence-corrected chi connectivity index (χ1v) is 11.7. The van der Waals surface area contributed by atoms with Gasteiger partial charge in [0.25, 0.3) is 0 Å². The first kappa shape index (κ1) is 26.3. The van der Waals surface area contributed by atoms with Crippen molar-refractivity contribution in [2.45, 2.75) is 58.7 Å². The van der Waals surface area contributed by atoms with E-state index in [-0.39, 0.29) is 35.5 Å². The Labute approximate surface area is 203 Å². The van der Waals surface area contributed by atoms with Crippen LogP contribution in [0.2, 0.25) is 0 Å².